The van der Waals surface area contributed by atoms with Crippen LogP contribution in [0, 0.1) is 6.92 Å². The van der Waals surface area contributed by atoms with Gasteiger partial charge in [-0.2, -0.15) is 5.10 Å². The average Bonchev–Trinajstić information content (AvgIpc) is 2.64. The molecule has 0 atom stereocenters. The Labute approximate surface area is 125 Å². The Morgan fingerprint density at radius 3 is 2.80 bits per heavy atom. The normalized spacial score (nSPS) is 10.8. The second-order valence-electron chi connectivity index (χ2n) is 4.63. The third-order valence-corrected chi connectivity index (χ3v) is 3.80. The van der Waals surface area contributed by atoms with E-state index in [1.165, 1.54) is 15.8 Å². The van der Waals surface area contributed by atoms with Gasteiger partial charge in [0.15, 0.2) is 5.69 Å². The molecule has 2 rings (SSSR count). The van der Waals surface area contributed by atoms with E-state index in [-0.39, 0.29) is 5.69 Å². The summed E-state index contributed by atoms with van der Waals surface area (Å²) in [6, 6.07) is 8.24. The molecule has 20 heavy (non-hydrogen) atoms. The van der Waals surface area contributed by atoms with Crippen LogP contribution >= 0.6 is 15.9 Å². The van der Waals surface area contributed by atoms with Gasteiger partial charge in [-0.05, 0) is 28.4 Å². The van der Waals surface area contributed by atoms with Crippen molar-refractivity contribution in [3.63, 3.8) is 0 Å². The van der Waals surface area contributed by atoms with Crippen molar-refractivity contribution >= 4 is 21.9 Å². The van der Waals surface area contributed by atoms with Crippen molar-refractivity contribution in [3.8, 4) is 0 Å². The Balaban J connectivity index is 2.01. The van der Waals surface area contributed by atoms with Gasteiger partial charge in [-0.3, -0.25) is 4.68 Å². The Morgan fingerprint density at radius 1 is 1.45 bits per heavy atom. The van der Waals surface area contributed by atoms with Crippen LogP contribution in [-0.4, -0.2) is 20.9 Å². The molecule has 0 amide bonds. The van der Waals surface area contributed by atoms with E-state index in [1.54, 1.807) is 7.05 Å². The molecule has 0 bridgehead atoms. The van der Waals surface area contributed by atoms with Gasteiger partial charge < -0.3 is 10.4 Å². The van der Waals surface area contributed by atoms with E-state index in [2.05, 4.69) is 51.5 Å². The molecule has 0 saturated heterocycles. The van der Waals surface area contributed by atoms with E-state index >= 15 is 0 Å². The number of benzene rings is 1. The van der Waals surface area contributed by atoms with Gasteiger partial charge in [0.1, 0.15) is 0 Å². The minimum atomic E-state index is -0.989. The molecule has 2 aromatic rings. The number of hydrogen-bond acceptors (Lipinski definition) is 3. The summed E-state index contributed by atoms with van der Waals surface area (Å²) in [4.78, 5) is 11.1. The summed E-state index contributed by atoms with van der Waals surface area (Å²) in [7, 11) is 1.62. The average molecular weight is 338 g/mol. The lowest BCUT2D eigenvalue weighted by atomic mass is 10.1. The molecule has 0 aliphatic rings. The van der Waals surface area contributed by atoms with E-state index in [0.717, 1.165) is 0 Å². The van der Waals surface area contributed by atoms with E-state index in [9.17, 15) is 4.79 Å². The highest BCUT2D eigenvalue weighted by molar-refractivity contribution is 9.10. The maximum absolute atomic E-state index is 11.1. The summed E-state index contributed by atoms with van der Waals surface area (Å²) < 4.78 is 1.90. The molecule has 0 aliphatic heterocycles. The molecule has 106 valence electrons. The van der Waals surface area contributed by atoms with Gasteiger partial charge in [0.25, 0.3) is 0 Å². The van der Waals surface area contributed by atoms with Gasteiger partial charge in [-0.25, -0.2) is 4.79 Å². The maximum atomic E-state index is 11.1. The molecule has 0 saturated carbocycles. The minimum Gasteiger partial charge on any atom is -0.476 e. The molecule has 5 nitrogen and oxygen atoms in total. The lowest BCUT2D eigenvalue weighted by Gasteiger charge is -2.04. The first-order valence-electron chi connectivity index (χ1n) is 6.20. The smallest absolute Gasteiger partial charge is 0.355 e. The van der Waals surface area contributed by atoms with Gasteiger partial charge in [0.05, 0.1) is 10.2 Å². The fourth-order valence-corrected chi connectivity index (χ4v) is 2.69. The largest absolute Gasteiger partial charge is 0.476 e. The molecular formula is C14H16BrN3O2. The van der Waals surface area contributed by atoms with Crippen molar-refractivity contribution in [2.75, 3.05) is 0 Å². The van der Waals surface area contributed by atoms with Crippen LogP contribution in [0.5, 0.6) is 0 Å². The monoisotopic (exact) mass is 337 g/mol. The number of hydrogen-bond donors (Lipinski definition) is 2. The van der Waals surface area contributed by atoms with Crippen LogP contribution in [0.25, 0.3) is 0 Å². The van der Waals surface area contributed by atoms with Crippen LogP contribution in [0.4, 0.5) is 0 Å². The summed E-state index contributed by atoms with van der Waals surface area (Å²) in [5.74, 6) is -0.989. The molecule has 2 N–H and O–H groups in total. The molecule has 0 radical (unpaired) electrons. The Bertz CT molecular complexity index is 637. The summed E-state index contributed by atoms with van der Waals surface area (Å²) in [6.45, 7) is 3.28. The molecule has 1 heterocycles. The molecule has 6 heteroatoms. The molecule has 0 spiro atoms. The number of aryl methyl sites for hydroxylation is 2. The van der Waals surface area contributed by atoms with Gasteiger partial charge in [0.2, 0.25) is 0 Å². The number of carboxylic acids is 1. The number of rotatable bonds is 5. The fraction of sp³-hybridized carbons (Fsp3) is 0.286. The lowest BCUT2D eigenvalue weighted by Crippen LogP contribution is -2.13. The number of carboxylic acid groups (broad SMARTS) is 1. The number of aromatic nitrogens is 2. The highest BCUT2D eigenvalue weighted by Crippen LogP contribution is 2.21. The zero-order valence-corrected chi connectivity index (χ0v) is 12.9. The first kappa shape index (κ1) is 14.7. The van der Waals surface area contributed by atoms with Crippen LogP contribution in [0.2, 0.25) is 0 Å². The van der Waals surface area contributed by atoms with Gasteiger partial charge in [-0.1, -0.05) is 29.8 Å². The van der Waals surface area contributed by atoms with Crippen molar-refractivity contribution in [2.45, 2.75) is 20.0 Å². The van der Waals surface area contributed by atoms with Crippen molar-refractivity contribution in [1.29, 1.82) is 0 Å². The summed E-state index contributed by atoms with van der Waals surface area (Å²) >= 11 is 3.30. The Kier molecular flexibility index (Phi) is 4.57. The van der Waals surface area contributed by atoms with Crippen LogP contribution in [0.15, 0.2) is 28.7 Å². The zero-order valence-electron chi connectivity index (χ0n) is 11.4. The SMILES string of the molecule is Cc1cccc(CNCc2nn(C)c(C(=O)O)c2Br)c1. The first-order chi connectivity index (χ1) is 9.49. The van der Waals surface area contributed by atoms with E-state index in [1.807, 2.05) is 6.07 Å². The summed E-state index contributed by atoms with van der Waals surface area (Å²) in [5, 5.41) is 16.6. The summed E-state index contributed by atoms with van der Waals surface area (Å²) in [6.07, 6.45) is 0. The number of aromatic carboxylic acids is 1. The molecule has 1 aromatic carbocycles. The standard InChI is InChI=1S/C14H16BrN3O2/c1-9-4-3-5-10(6-9)7-16-8-11-12(15)13(14(19)20)18(2)17-11/h3-6,16H,7-8H2,1-2H3,(H,19,20). The number of carbonyl (C=O) groups is 1. The lowest BCUT2D eigenvalue weighted by molar-refractivity contribution is 0.0684. The second kappa shape index (κ2) is 6.19. The predicted molar refractivity (Wildman–Crippen MR) is 79.6 cm³/mol. The fourth-order valence-electron chi connectivity index (χ4n) is 2.05. The van der Waals surface area contributed by atoms with Crippen LogP contribution in [0.3, 0.4) is 0 Å². The van der Waals surface area contributed by atoms with Crippen LogP contribution < -0.4 is 5.32 Å². The highest BCUT2D eigenvalue weighted by atomic mass is 79.9. The second-order valence-corrected chi connectivity index (χ2v) is 5.42. The molecule has 0 unspecified atom stereocenters. The van der Waals surface area contributed by atoms with Crippen molar-refractivity contribution in [2.24, 2.45) is 7.05 Å². The number of nitrogens with zero attached hydrogens (tertiary/aromatic N) is 2. The number of halogens is 1. The van der Waals surface area contributed by atoms with E-state index in [4.69, 9.17) is 5.11 Å². The van der Waals surface area contributed by atoms with Crippen molar-refractivity contribution in [1.82, 2.24) is 15.1 Å². The highest BCUT2D eigenvalue weighted by Gasteiger charge is 2.18. The molecule has 1 aromatic heterocycles. The summed E-state index contributed by atoms with van der Waals surface area (Å²) in [5.41, 5.74) is 3.27. The van der Waals surface area contributed by atoms with Crippen molar-refractivity contribution < 1.29 is 9.90 Å². The van der Waals surface area contributed by atoms with Gasteiger partial charge in [0, 0.05) is 20.1 Å². The third kappa shape index (κ3) is 3.26. The predicted octanol–water partition coefficient (Wildman–Crippen LogP) is 2.48. The van der Waals surface area contributed by atoms with Gasteiger partial charge in [-0.15, -0.1) is 0 Å². The molecule has 0 fully saturated rings. The topological polar surface area (TPSA) is 67.2 Å². The Morgan fingerprint density at radius 2 is 2.20 bits per heavy atom. The molecular weight excluding hydrogens is 322 g/mol. The molecule has 0 aliphatic carbocycles. The third-order valence-electron chi connectivity index (χ3n) is 2.96. The first-order valence-corrected chi connectivity index (χ1v) is 6.99. The van der Waals surface area contributed by atoms with E-state index in [0.29, 0.717) is 23.3 Å². The zero-order chi connectivity index (χ0) is 14.7. The minimum absolute atomic E-state index is 0.164. The number of nitrogens with one attached hydrogen (secondary N) is 1. The van der Waals surface area contributed by atoms with Crippen molar-refractivity contribution in [3.05, 3.63) is 51.3 Å². The van der Waals surface area contributed by atoms with Crippen LogP contribution in [0.1, 0.15) is 27.3 Å². The van der Waals surface area contributed by atoms with Gasteiger partial charge >= 0.3 is 5.97 Å². The quantitative estimate of drug-likeness (QED) is 0.879. The Hall–Kier alpha value is -1.66. The van der Waals surface area contributed by atoms with E-state index < -0.39 is 5.97 Å². The maximum Gasteiger partial charge on any atom is 0.355 e. The van der Waals surface area contributed by atoms with Crippen LogP contribution in [-0.2, 0) is 20.1 Å².